The zero-order valence-corrected chi connectivity index (χ0v) is 45.1. The summed E-state index contributed by atoms with van der Waals surface area (Å²) in [5.41, 5.74) is 0. The third kappa shape index (κ3) is 55.7. The fraction of sp³-hybridized carbons (Fsp3) is 0.746. The monoisotopic (exact) mass is 947 g/mol. The van der Waals surface area contributed by atoms with E-state index in [0.717, 1.165) is 96.3 Å². The topological polar surface area (TPSA) is 61.8 Å². The molecule has 392 valence electrons. The number of ether oxygens (including phenoxy) is 3. The minimum atomic E-state index is -0.549. The first-order valence-corrected chi connectivity index (χ1v) is 29.1. The average Bonchev–Trinajstić information content (AvgIpc) is 3.34. The smallest absolute Gasteiger partial charge is 0.306 e. The van der Waals surface area contributed by atoms with Gasteiger partial charge in [0.2, 0.25) is 0 Å². The fourth-order valence-electron chi connectivity index (χ4n) is 8.16. The Morgan fingerprint density at radius 3 is 1.06 bits per heavy atom. The Labute approximate surface area is 422 Å². The molecule has 5 heteroatoms. The lowest BCUT2D eigenvalue weighted by Gasteiger charge is -2.18. The van der Waals surface area contributed by atoms with Gasteiger partial charge in [-0.3, -0.25) is 9.59 Å². The standard InChI is InChI=1S/C63H110O5/c1-4-7-10-13-16-19-22-25-28-30-32-33-36-38-41-44-47-50-53-56-62(64)67-60-61(68-63(65)57-54-51-48-45-42-39-35-27-24-21-18-15-12-9-6-3)59-66-58-55-52-49-46-43-40-37-34-31-29-26-23-20-17-14-11-8-5-2/h7-8,10-11,16-17,19-20,25-26,28-29,32-33,61H,4-6,9,12-15,18,21-24,27,30-31,34-60H2,1-3H3/b10-7-,11-8-,19-16-,20-17-,28-25-,29-26-,33-32-. The van der Waals surface area contributed by atoms with Crippen LogP contribution in [0.2, 0.25) is 0 Å². The van der Waals surface area contributed by atoms with Gasteiger partial charge in [-0.1, -0.05) is 260 Å². The molecule has 1 unspecified atom stereocenters. The summed E-state index contributed by atoms with van der Waals surface area (Å²) in [6.07, 6.45) is 77.4. The summed E-state index contributed by atoms with van der Waals surface area (Å²) in [6, 6.07) is 0. The summed E-state index contributed by atoms with van der Waals surface area (Å²) in [5, 5.41) is 0. The highest BCUT2D eigenvalue weighted by atomic mass is 16.6. The number of carbonyl (C=O) groups excluding carboxylic acids is 2. The Kier molecular flexibility index (Phi) is 55.9. The van der Waals surface area contributed by atoms with Crippen molar-refractivity contribution in [1.82, 2.24) is 0 Å². The second-order valence-electron chi connectivity index (χ2n) is 19.1. The van der Waals surface area contributed by atoms with Crippen molar-refractivity contribution >= 4 is 11.9 Å². The van der Waals surface area contributed by atoms with Crippen LogP contribution in [0, 0.1) is 0 Å². The minimum Gasteiger partial charge on any atom is -0.462 e. The van der Waals surface area contributed by atoms with Crippen LogP contribution in [0.15, 0.2) is 85.1 Å². The maximum atomic E-state index is 12.9. The van der Waals surface area contributed by atoms with Crippen LogP contribution in [0.4, 0.5) is 0 Å². The molecule has 0 bridgehead atoms. The summed E-state index contributed by atoms with van der Waals surface area (Å²) in [6.45, 7) is 7.61. The Balaban J connectivity index is 4.30. The maximum Gasteiger partial charge on any atom is 0.306 e. The number of hydrogen-bond acceptors (Lipinski definition) is 5. The summed E-state index contributed by atoms with van der Waals surface area (Å²) >= 11 is 0. The van der Waals surface area contributed by atoms with Crippen LogP contribution in [0.1, 0.15) is 278 Å². The molecule has 0 aromatic heterocycles. The number of hydrogen-bond donors (Lipinski definition) is 0. The molecule has 0 saturated heterocycles. The Hall–Kier alpha value is -2.92. The van der Waals surface area contributed by atoms with E-state index in [1.165, 1.54) is 148 Å². The van der Waals surface area contributed by atoms with Crippen LogP contribution in [0.25, 0.3) is 0 Å². The van der Waals surface area contributed by atoms with E-state index in [4.69, 9.17) is 14.2 Å². The highest BCUT2D eigenvalue weighted by Crippen LogP contribution is 2.16. The van der Waals surface area contributed by atoms with E-state index in [-0.39, 0.29) is 25.2 Å². The first-order valence-electron chi connectivity index (χ1n) is 29.1. The molecule has 1 atom stereocenters. The van der Waals surface area contributed by atoms with E-state index in [1.54, 1.807) is 0 Å². The molecule has 0 aromatic carbocycles. The number of carbonyl (C=O) groups is 2. The largest absolute Gasteiger partial charge is 0.462 e. The molecule has 0 spiro atoms. The van der Waals surface area contributed by atoms with Gasteiger partial charge in [-0.15, -0.1) is 0 Å². The van der Waals surface area contributed by atoms with E-state index in [0.29, 0.717) is 19.4 Å². The molecule has 0 saturated carbocycles. The molecule has 5 nitrogen and oxygen atoms in total. The van der Waals surface area contributed by atoms with E-state index < -0.39 is 6.10 Å². The van der Waals surface area contributed by atoms with Gasteiger partial charge in [0, 0.05) is 19.4 Å². The van der Waals surface area contributed by atoms with E-state index in [2.05, 4.69) is 106 Å². The zero-order valence-electron chi connectivity index (χ0n) is 45.1. The molecular formula is C63H110O5. The predicted octanol–water partition coefficient (Wildman–Crippen LogP) is 20.0. The van der Waals surface area contributed by atoms with Gasteiger partial charge in [0.15, 0.2) is 6.10 Å². The molecule has 0 radical (unpaired) electrons. The highest BCUT2D eigenvalue weighted by Gasteiger charge is 2.17. The normalized spacial score (nSPS) is 12.8. The second kappa shape index (κ2) is 58.4. The number of esters is 2. The number of rotatable bonds is 53. The lowest BCUT2D eigenvalue weighted by Crippen LogP contribution is -2.30. The van der Waals surface area contributed by atoms with Crippen molar-refractivity contribution in [3.05, 3.63) is 85.1 Å². The molecule has 0 fully saturated rings. The Morgan fingerprint density at radius 1 is 0.338 bits per heavy atom. The minimum absolute atomic E-state index is 0.0739. The van der Waals surface area contributed by atoms with Crippen molar-refractivity contribution in [3.8, 4) is 0 Å². The van der Waals surface area contributed by atoms with E-state index in [1.807, 2.05) is 0 Å². The van der Waals surface area contributed by atoms with E-state index >= 15 is 0 Å². The third-order valence-electron chi connectivity index (χ3n) is 12.4. The van der Waals surface area contributed by atoms with Gasteiger partial charge in [-0.05, 0) is 89.9 Å². The fourth-order valence-corrected chi connectivity index (χ4v) is 8.16. The van der Waals surface area contributed by atoms with Crippen LogP contribution in [0.5, 0.6) is 0 Å². The Morgan fingerprint density at radius 2 is 0.662 bits per heavy atom. The molecule has 0 aliphatic heterocycles. The molecule has 0 aromatic rings. The number of allylic oxidation sites excluding steroid dienone is 14. The molecule has 0 aliphatic rings. The zero-order chi connectivity index (χ0) is 49.2. The van der Waals surface area contributed by atoms with Crippen LogP contribution in [-0.4, -0.2) is 37.9 Å². The lowest BCUT2D eigenvalue weighted by molar-refractivity contribution is -0.163. The molecule has 0 rings (SSSR count). The van der Waals surface area contributed by atoms with Crippen LogP contribution < -0.4 is 0 Å². The molecule has 0 heterocycles. The van der Waals surface area contributed by atoms with Crippen LogP contribution in [0.3, 0.4) is 0 Å². The van der Waals surface area contributed by atoms with Gasteiger partial charge in [0.05, 0.1) is 6.61 Å². The summed E-state index contributed by atoms with van der Waals surface area (Å²) in [5.74, 6) is -0.409. The summed E-state index contributed by atoms with van der Waals surface area (Å²) in [4.78, 5) is 25.5. The average molecular weight is 948 g/mol. The van der Waals surface area contributed by atoms with E-state index in [9.17, 15) is 9.59 Å². The van der Waals surface area contributed by atoms with Gasteiger partial charge >= 0.3 is 11.9 Å². The number of unbranched alkanes of at least 4 members (excludes halogenated alkanes) is 28. The lowest BCUT2D eigenvalue weighted by atomic mass is 10.0. The van der Waals surface area contributed by atoms with Gasteiger partial charge in [-0.25, -0.2) is 0 Å². The molecular weight excluding hydrogens is 837 g/mol. The van der Waals surface area contributed by atoms with Crippen LogP contribution >= 0.6 is 0 Å². The molecule has 0 aliphatic carbocycles. The first-order chi connectivity index (χ1) is 33.6. The molecule has 0 amide bonds. The first kappa shape index (κ1) is 65.1. The van der Waals surface area contributed by atoms with Gasteiger partial charge in [0.25, 0.3) is 0 Å². The van der Waals surface area contributed by atoms with Gasteiger partial charge < -0.3 is 14.2 Å². The van der Waals surface area contributed by atoms with Crippen molar-refractivity contribution in [2.75, 3.05) is 19.8 Å². The summed E-state index contributed by atoms with van der Waals surface area (Å²) in [7, 11) is 0. The van der Waals surface area contributed by atoms with Crippen molar-refractivity contribution in [3.63, 3.8) is 0 Å². The third-order valence-corrected chi connectivity index (χ3v) is 12.4. The van der Waals surface area contributed by atoms with Crippen molar-refractivity contribution < 1.29 is 23.8 Å². The SMILES string of the molecule is CC/C=C\C/C=C\C/C=C\C/C=C\CCCCCCCCC(=O)OCC(COCCCCCCCCCC/C=C\C/C=C\C/C=C\CC)OC(=O)CCCCCCCCCCCCCCCCC. The van der Waals surface area contributed by atoms with Crippen molar-refractivity contribution in [1.29, 1.82) is 0 Å². The predicted molar refractivity (Wildman–Crippen MR) is 297 cm³/mol. The molecule has 0 N–H and O–H groups in total. The Bertz CT molecular complexity index is 1250. The van der Waals surface area contributed by atoms with Crippen molar-refractivity contribution in [2.24, 2.45) is 0 Å². The quantitative estimate of drug-likeness (QED) is 0.0345. The maximum absolute atomic E-state index is 12.9. The molecule has 68 heavy (non-hydrogen) atoms. The summed E-state index contributed by atoms with van der Waals surface area (Å²) < 4.78 is 17.5. The van der Waals surface area contributed by atoms with Crippen molar-refractivity contribution in [2.45, 2.75) is 284 Å². The van der Waals surface area contributed by atoms with Crippen LogP contribution in [-0.2, 0) is 23.8 Å². The van der Waals surface area contributed by atoms with Gasteiger partial charge in [-0.2, -0.15) is 0 Å². The van der Waals surface area contributed by atoms with Gasteiger partial charge in [0.1, 0.15) is 6.61 Å². The highest BCUT2D eigenvalue weighted by molar-refractivity contribution is 5.70. The second-order valence-corrected chi connectivity index (χ2v) is 19.1.